The fourth-order valence-corrected chi connectivity index (χ4v) is 4.16. The van der Waals surface area contributed by atoms with Gasteiger partial charge in [0.25, 0.3) is 5.91 Å². The molecule has 148 valence electrons. The standard InChI is InChI=1S/C19H24N6O3/c1-20-18(26)15-6-7-17-16(10-15)25(8-9-28-17)19(27)14-4-2-13(3-5-14)11-24-12-21-22-23-24/h2-5,12,15-17H,6-11H2,1H3,(H,20,26)/t15-,16+,17+/m0/s1. The Kier molecular flexibility index (Phi) is 5.34. The van der Waals surface area contributed by atoms with Crippen LogP contribution in [0.4, 0.5) is 0 Å². The monoisotopic (exact) mass is 384 g/mol. The third kappa shape index (κ3) is 3.75. The lowest BCUT2D eigenvalue weighted by Gasteiger charge is -2.45. The van der Waals surface area contributed by atoms with Crippen molar-refractivity contribution in [3.05, 3.63) is 41.7 Å². The molecule has 2 amide bonds. The van der Waals surface area contributed by atoms with Gasteiger partial charge in [-0.1, -0.05) is 12.1 Å². The molecule has 0 spiro atoms. The van der Waals surface area contributed by atoms with Crippen molar-refractivity contribution in [2.75, 3.05) is 20.2 Å². The Balaban J connectivity index is 1.47. The number of tetrazole rings is 1. The molecule has 4 rings (SSSR count). The van der Waals surface area contributed by atoms with Gasteiger partial charge in [-0.2, -0.15) is 0 Å². The van der Waals surface area contributed by atoms with Crippen LogP contribution < -0.4 is 5.32 Å². The van der Waals surface area contributed by atoms with Crippen LogP contribution in [0.1, 0.15) is 35.2 Å². The van der Waals surface area contributed by atoms with Crippen molar-refractivity contribution in [1.29, 1.82) is 0 Å². The van der Waals surface area contributed by atoms with E-state index in [-0.39, 0.29) is 29.9 Å². The average Bonchev–Trinajstić information content (AvgIpc) is 3.25. The second-order valence-electron chi connectivity index (χ2n) is 7.30. The van der Waals surface area contributed by atoms with Gasteiger partial charge in [0, 0.05) is 25.1 Å². The van der Waals surface area contributed by atoms with E-state index in [4.69, 9.17) is 4.74 Å². The van der Waals surface area contributed by atoms with Gasteiger partial charge in [0.05, 0.1) is 25.3 Å². The van der Waals surface area contributed by atoms with Crippen molar-refractivity contribution in [2.24, 2.45) is 5.92 Å². The predicted molar refractivity (Wildman–Crippen MR) is 99.3 cm³/mol. The summed E-state index contributed by atoms with van der Waals surface area (Å²) < 4.78 is 7.52. The molecule has 0 unspecified atom stereocenters. The maximum absolute atomic E-state index is 13.2. The lowest BCUT2D eigenvalue weighted by molar-refractivity contribution is -0.131. The Bertz CT molecular complexity index is 823. The van der Waals surface area contributed by atoms with Gasteiger partial charge in [-0.3, -0.25) is 9.59 Å². The topological polar surface area (TPSA) is 102 Å². The molecule has 0 radical (unpaired) electrons. The van der Waals surface area contributed by atoms with E-state index in [9.17, 15) is 9.59 Å². The third-order valence-electron chi connectivity index (χ3n) is 5.63. The zero-order valence-corrected chi connectivity index (χ0v) is 15.8. The highest BCUT2D eigenvalue weighted by molar-refractivity contribution is 5.94. The summed E-state index contributed by atoms with van der Waals surface area (Å²) in [5, 5.41) is 13.8. The predicted octanol–water partition coefficient (Wildman–Crippen LogP) is 0.477. The first-order valence-corrected chi connectivity index (χ1v) is 9.59. The molecule has 9 heteroatoms. The van der Waals surface area contributed by atoms with Gasteiger partial charge < -0.3 is 15.0 Å². The summed E-state index contributed by atoms with van der Waals surface area (Å²) >= 11 is 0. The first-order valence-electron chi connectivity index (χ1n) is 9.59. The average molecular weight is 384 g/mol. The number of amides is 2. The van der Waals surface area contributed by atoms with E-state index in [0.29, 0.717) is 31.7 Å². The molecule has 1 saturated carbocycles. The number of hydrogen-bond donors (Lipinski definition) is 1. The van der Waals surface area contributed by atoms with E-state index < -0.39 is 0 Å². The minimum Gasteiger partial charge on any atom is -0.374 e. The SMILES string of the molecule is CNC(=O)[C@H]1CC[C@H]2OCCN(C(=O)c3ccc(Cn4cnnn4)cc3)[C@@H]2C1. The second-order valence-corrected chi connectivity index (χ2v) is 7.30. The van der Waals surface area contributed by atoms with Gasteiger partial charge in [-0.05, 0) is 47.4 Å². The zero-order valence-electron chi connectivity index (χ0n) is 15.8. The number of morpholine rings is 1. The molecule has 2 heterocycles. The number of nitrogens with one attached hydrogen (secondary N) is 1. The molecule has 1 saturated heterocycles. The van der Waals surface area contributed by atoms with E-state index >= 15 is 0 Å². The van der Waals surface area contributed by atoms with Crippen LogP contribution in [0, 0.1) is 5.92 Å². The van der Waals surface area contributed by atoms with Crippen molar-refractivity contribution in [3.8, 4) is 0 Å². The van der Waals surface area contributed by atoms with Gasteiger partial charge in [-0.25, -0.2) is 4.68 Å². The van der Waals surface area contributed by atoms with Crippen molar-refractivity contribution in [2.45, 2.75) is 38.0 Å². The van der Waals surface area contributed by atoms with Crippen molar-refractivity contribution in [3.63, 3.8) is 0 Å². The van der Waals surface area contributed by atoms with E-state index in [1.54, 1.807) is 18.1 Å². The maximum Gasteiger partial charge on any atom is 0.254 e. The molecule has 1 aliphatic carbocycles. The van der Waals surface area contributed by atoms with Crippen LogP contribution in [0.15, 0.2) is 30.6 Å². The molecule has 0 bridgehead atoms. The highest BCUT2D eigenvalue weighted by Gasteiger charge is 2.41. The zero-order chi connectivity index (χ0) is 19.5. The van der Waals surface area contributed by atoms with Gasteiger partial charge in [0.1, 0.15) is 6.33 Å². The van der Waals surface area contributed by atoms with Crippen LogP contribution in [0.2, 0.25) is 0 Å². The molecule has 28 heavy (non-hydrogen) atoms. The van der Waals surface area contributed by atoms with Crippen molar-refractivity contribution in [1.82, 2.24) is 30.4 Å². The molecule has 2 aliphatic rings. The Labute approximate surface area is 163 Å². The first kappa shape index (κ1) is 18.5. The lowest BCUT2D eigenvalue weighted by atomic mass is 9.81. The Hall–Kier alpha value is -2.81. The summed E-state index contributed by atoms with van der Waals surface area (Å²) in [7, 11) is 1.66. The van der Waals surface area contributed by atoms with Gasteiger partial charge in [0.15, 0.2) is 0 Å². The van der Waals surface area contributed by atoms with Gasteiger partial charge in [0.2, 0.25) is 5.91 Å². The number of aromatic nitrogens is 4. The number of hydrogen-bond acceptors (Lipinski definition) is 6. The number of nitrogens with zero attached hydrogens (tertiary/aromatic N) is 5. The molecule has 3 atom stereocenters. The number of benzene rings is 1. The normalized spacial score (nSPS) is 24.5. The minimum absolute atomic E-state index is 0.00942. The fourth-order valence-electron chi connectivity index (χ4n) is 4.16. The molecule has 2 fully saturated rings. The smallest absolute Gasteiger partial charge is 0.254 e. The van der Waals surface area contributed by atoms with Crippen LogP contribution in [0.3, 0.4) is 0 Å². The van der Waals surface area contributed by atoms with E-state index in [1.165, 1.54) is 0 Å². The summed E-state index contributed by atoms with van der Waals surface area (Å²) in [4.78, 5) is 27.1. The Morgan fingerprint density at radius 3 is 2.79 bits per heavy atom. The van der Waals surface area contributed by atoms with Crippen molar-refractivity contribution >= 4 is 11.8 Å². The summed E-state index contributed by atoms with van der Waals surface area (Å²) in [5.74, 6) is -0.0323. The summed E-state index contributed by atoms with van der Waals surface area (Å²) in [5.41, 5.74) is 1.66. The molecular weight excluding hydrogens is 360 g/mol. The van der Waals surface area contributed by atoms with E-state index in [1.807, 2.05) is 29.2 Å². The Morgan fingerprint density at radius 2 is 2.07 bits per heavy atom. The minimum atomic E-state index is -0.0677. The molecular formula is C19H24N6O3. The first-order chi connectivity index (χ1) is 13.7. The lowest BCUT2D eigenvalue weighted by Crippen LogP contribution is -2.57. The molecule has 1 aliphatic heterocycles. The van der Waals surface area contributed by atoms with Crippen LogP contribution in [-0.2, 0) is 16.1 Å². The summed E-state index contributed by atoms with van der Waals surface area (Å²) in [6.07, 6.45) is 3.82. The van der Waals surface area contributed by atoms with Gasteiger partial charge >= 0.3 is 0 Å². The van der Waals surface area contributed by atoms with Crippen LogP contribution in [-0.4, -0.2) is 69.3 Å². The number of rotatable bonds is 4. The molecule has 1 aromatic carbocycles. The fraction of sp³-hybridized carbons (Fsp3) is 0.526. The van der Waals surface area contributed by atoms with E-state index in [0.717, 1.165) is 18.4 Å². The second kappa shape index (κ2) is 8.05. The molecule has 2 aromatic rings. The number of fused-ring (bicyclic) bond motifs is 1. The quantitative estimate of drug-likeness (QED) is 0.823. The highest BCUT2D eigenvalue weighted by Crippen LogP contribution is 2.33. The summed E-state index contributed by atoms with van der Waals surface area (Å²) in [6, 6.07) is 7.46. The Morgan fingerprint density at radius 1 is 1.25 bits per heavy atom. The van der Waals surface area contributed by atoms with Gasteiger partial charge in [-0.15, -0.1) is 5.10 Å². The van der Waals surface area contributed by atoms with Crippen LogP contribution in [0.5, 0.6) is 0 Å². The molecule has 1 aromatic heterocycles. The molecule has 9 nitrogen and oxygen atoms in total. The van der Waals surface area contributed by atoms with Crippen molar-refractivity contribution < 1.29 is 14.3 Å². The maximum atomic E-state index is 13.2. The number of carbonyl (C=O) groups excluding carboxylic acids is 2. The van der Waals surface area contributed by atoms with Crippen LogP contribution in [0.25, 0.3) is 0 Å². The summed E-state index contributed by atoms with van der Waals surface area (Å²) in [6.45, 7) is 1.64. The molecule has 1 N–H and O–H groups in total. The van der Waals surface area contributed by atoms with Crippen LogP contribution >= 0.6 is 0 Å². The third-order valence-corrected chi connectivity index (χ3v) is 5.63. The largest absolute Gasteiger partial charge is 0.374 e. The highest BCUT2D eigenvalue weighted by atomic mass is 16.5. The van der Waals surface area contributed by atoms with E-state index in [2.05, 4.69) is 20.8 Å². The number of carbonyl (C=O) groups is 2. The number of ether oxygens (including phenoxy) is 1.